The van der Waals surface area contributed by atoms with Gasteiger partial charge in [-0.1, -0.05) is 43.7 Å². The van der Waals surface area contributed by atoms with Crippen molar-refractivity contribution in [1.82, 2.24) is 4.90 Å². The Bertz CT molecular complexity index is 345. The molecule has 0 saturated carbocycles. The van der Waals surface area contributed by atoms with Crippen molar-refractivity contribution >= 4 is 0 Å². The largest absolute Gasteiger partial charge is 0.329 e. The second-order valence-electron chi connectivity index (χ2n) is 5.04. The average molecular weight is 234 g/mol. The molecule has 1 rings (SSSR count). The summed E-state index contributed by atoms with van der Waals surface area (Å²) in [6.45, 7) is 11.6. The lowest BCUT2D eigenvalue weighted by Crippen LogP contribution is -2.53. The molecule has 0 aliphatic rings. The quantitative estimate of drug-likeness (QED) is 0.820. The SMILES string of the molecule is CCN(CC)C(C)(CN)Cc1cccc(C)c1. The summed E-state index contributed by atoms with van der Waals surface area (Å²) < 4.78 is 0. The molecule has 1 unspecified atom stereocenters. The average Bonchev–Trinajstić information content (AvgIpc) is 2.30. The monoisotopic (exact) mass is 234 g/mol. The number of nitrogens with zero attached hydrogens (tertiary/aromatic N) is 1. The fourth-order valence-corrected chi connectivity index (χ4v) is 2.56. The van der Waals surface area contributed by atoms with Gasteiger partial charge in [-0.25, -0.2) is 0 Å². The number of nitrogens with two attached hydrogens (primary N) is 1. The van der Waals surface area contributed by atoms with Gasteiger partial charge in [-0.15, -0.1) is 0 Å². The number of benzene rings is 1. The minimum absolute atomic E-state index is 0.0668. The summed E-state index contributed by atoms with van der Waals surface area (Å²) in [7, 11) is 0. The van der Waals surface area contributed by atoms with Crippen molar-refractivity contribution in [3.8, 4) is 0 Å². The van der Waals surface area contributed by atoms with Crippen LogP contribution in [0.15, 0.2) is 24.3 Å². The maximum absolute atomic E-state index is 6.00. The molecule has 0 amide bonds. The molecule has 0 fully saturated rings. The van der Waals surface area contributed by atoms with Crippen LogP contribution < -0.4 is 5.73 Å². The van der Waals surface area contributed by atoms with E-state index in [1.54, 1.807) is 0 Å². The molecule has 0 bridgehead atoms. The Balaban J connectivity index is 2.88. The summed E-state index contributed by atoms with van der Waals surface area (Å²) in [6.07, 6.45) is 1.02. The highest BCUT2D eigenvalue weighted by Crippen LogP contribution is 2.20. The number of hydrogen-bond donors (Lipinski definition) is 1. The Morgan fingerprint density at radius 2 is 1.88 bits per heavy atom. The summed E-state index contributed by atoms with van der Waals surface area (Å²) in [5.74, 6) is 0. The van der Waals surface area contributed by atoms with Crippen molar-refractivity contribution in [3.63, 3.8) is 0 Å². The molecular formula is C15H26N2. The van der Waals surface area contributed by atoms with Gasteiger partial charge >= 0.3 is 0 Å². The minimum atomic E-state index is 0.0668. The molecule has 17 heavy (non-hydrogen) atoms. The summed E-state index contributed by atoms with van der Waals surface area (Å²) >= 11 is 0. The second-order valence-corrected chi connectivity index (χ2v) is 5.04. The van der Waals surface area contributed by atoms with E-state index in [1.165, 1.54) is 11.1 Å². The summed E-state index contributed by atoms with van der Waals surface area (Å²) in [4.78, 5) is 2.45. The van der Waals surface area contributed by atoms with Crippen LogP contribution in [0.4, 0.5) is 0 Å². The topological polar surface area (TPSA) is 29.3 Å². The summed E-state index contributed by atoms with van der Waals surface area (Å²) in [6, 6.07) is 8.73. The van der Waals surface area contributed by atoms with Crippen LogP contribution in [-0.4, -0.2) is 30.1 Å². The fraction of sp³-hybridized carbons (Fsp3) is 0.600. The van der Waals surface area contributed by atoms with E-state index in [9.17, 15) is 0 Å². The molecule has 1 atom stereocenters. The van der Waals surface area contributed by atoms with Gasteiger partial charge in [-0.2, -0.15) is 0 Å². The van der Waals surface area contributed by atoms with E-state index >= 15 is 0 Å². The molecule has 1 aromatic carbocycles. The van der Waals surface area contributed by atoms with Crippen molar-refractivity contribution in [1.29, 1.82) is 0 Å². The van der Waals surface area contributed by atoms with Crippen LogP contribution in [0.25, 0.3) is 0 Å². The Labute approximate surface area is 106 Å². The van der Waals surface area contributed by atoms with Crippen LogP contribution in [0, 0.1) is 6.92 Å². The van der Waals surface area contributed by atoms with Crippen LogP contribution in [0.5, 0.6) is 0 Å². The van der Waals surface area contributed by atoms with Gasteiger partial charge in [-0.3, -0.25) is 4.90 Å². The maximum atomic E-state index is 6.00. The molecule has 0 radical (unpaired) electrons. The third kappa shape index (κ3) is 3.55. The lowest BCUT2D eigenvalue weighted by molar-refractivity contribution is 0.124. The van der Waals surface area contributed by atoms with E-state index in [2.05, 4.69) is 56.9 Å². The Morgan fingerprint density at radius 3 is 2.35 bits per heavy atom. The maximum Gasteiger partial charge on any atom is 0.0343 e. The van der Waals surface area contributed by atoms with Gasteiger partial charge in [0.2, 0.25) is 0 Å². The van der Waals surface area contributed by atoms with E-state index in [0.717, 1.165) is 19.5 Å². The molecule has 0 spiro atoms. The van der Waals surface area contributed by atoms with Crippen molar-refractivity contribution in [2.75, 3.05) is 19.6 Å². The molecule has 2 nitrogen and oxygen atoms in total. The minimum Gasteiger partial charge on any atom is -0.329 e. The first-order valence-electron chi connectivity index (χ1n) is 6.56. The van der Waals surface area contributed by atoms with E-state index < -0.39 is 0 Å². The number of likely N-dealkylation sites (N-methyl/N-ethyl adjacent to an activating group) is 1. The molecule has 0 aliphatic heterocycles. The van der Waals surface area contributed by atoms with Crippen molar-refractivity contribution in [2.24, 2.45) is 5.73 Å². The Kier molecular flexibility index (Phi) is 5.16. The third-order valence-electron chi connectivity index (χ3n) is 3.63. The lowest BCUT2D eigenvalue weighted by atomic mass is 9.90. The number of hydrogen-bond acceptors (Lipinski definition) is 2. The zero-order chi connectivity index (χ0) is 12.9. The van der Waals surface area contributed by atoms with Crippen LogP contribution in [0.3, 0.4) is 0 Å². The molecule has 0 saturated heterocycles. The predicted octanol–water partition coefficient (Wildman–Crippen LogP) is 2.60. The molecule has 96 valence electrons. The normalized spacial score (nSPS) is 14.9. The number of rotatable bonds is 6. The standard InChI is InChI=1S/C15H26N2/c1-5-17(6-2)15(4,12-16)11-14-9-7-8-13(3)10-14/h7-10H,5-6,11-12,16H2,1-4H3. The van der Waals surface area contributed by atoms with Crippen LogP contribution in [0.1, 0.15) is 31.9 Å². The van der Waals surface area contributed by atoms with Crippen LogP contribution >= 0.6 is 0 Å². The smallest absolute Gasteiger partial charge is 0.0343 e. The first-order valence-corrected chi connectivity index (χ1v) is 6.56. The Hall–Kier alpha value is -0.860. The van der Waals surface area contributed by atoms with E-state index in [-0.39, 0.29) is 5.54 Å². The molecule has 0 aliphatic carbocycles. The molecular weight excluding hydrogens is 208 g/mol. The van der Waals surface area contributed by atoms with E-state index in [0.29, 0.717) is 6.54 Å². The van der Waals surface area contributed by atoms with Gasteiger partial charge in [0.1, 0.15) is 0 Å². The summed E-state index contributed by atoms with van der Waals surface area (Å²) in [5.41, 5.74) is 8.77. The highest BCUT2D eigenvalue weighted by Gasteiger charge is 2.28. The van der Waals surface area contributed by atoms with Gasteiger partial charge in [0.05, 0.1) is 0 Å². The molecule has 1 aromatic rings. The van der Waals surface area contributed by atoms with Crippen molar-refractivity contribution < 1.29 is 0 Å². The first kappa shape index (κ1) is 14.2. The predicted molar refractivity (Wildman–Crippen MR) is 75.3 cm³/mol. The van der Waals surface area contributed by atoms with Gasteiger partial charge in [-0.05, 0) is 38.9 Å². The zero-order valence-electron chi connectivity index (χ0n) is 11.7. The second kappa shape index (κ2) is 6.18. The van der Waals surface area contributed by atoms with Crippen molar-refractivity contribution in [2.45, 2.75) is 39.7 Å². The first-order chi connectivity index (χ1) is 8.05. The summed E-state index contributed by atoms with van der Waals surface area (Å²) in [5, 5.41) is 0. The van der Waals surface area contributed by atoms with Crippen LogP contribution in [0.2, 0.25) is 0 Å². The zero-order valence-corrected chi connectivity index (χ0v) is 11.7. The highest BCUT2D eigenvalue weighted by atomic mass is 15.2. The molecule has 2 N–H and O–H groups in total. The third-order valence-corrected chi connectivity index (χ3v) is 3.63. The van der Waals surface area contributed by atoms with Gasteiger partial charge < -0.3 is 5.73 Å². The number of aryl methyl sites for hydroxylation is 1. The molecule has 2 heteroatoms. The van der Waals surface area contributed by atoms with Gasteiger partial charge in [0.15, 0.2) is 0 Å². The van der Waals surface area contributed by atoms with Gasteiger partial charge in [0.25, 0.3) is 0 Å². The van der Waals surface area contributed by atoms with E-state index in [4.69, 9.17) is 5.73 Å². The molecule has 0 heterocycles. The fourth-order valence-electron chi connectivity index (χ4n) is 2.56. The van der Waals surface area contributed by atoms with E-state index in [1.807, 2.05) is 0 Å². The highest BCUT2D eigenvalue weighted by molar-refractivity contribution is 5.24. The van der Waals surface area contributed by atoms with Crippen LogP contribution in [-0.2, 0) is 6.42 Å². The molecule has 0 aromatic heterocycles. The lowest BCUT2D eigenvalue weighted by Gasteiger charge is -2.39. The Morgan fingerprint density at radius 1 is 1.24 bits per heavy atom. The van der Waals surface area contributed by atoms with Crippen molar-refractivity contribution in [3.05, 3.63) is 35.4 Å². The van der Waals surface area contributed by atoms with Gasteiger partial charge in [0, 0.05) is 12.1 Å².